The minimum atomic E-state index is -4.31. The number of aliphatic hydroxyl groups excluding tert-OH is 1. The number of rotatable bonds is 6. The van der Waals surface area contributed by atoms with Crippen LogP contribution in [0.25, 0.3) is 0 Å². The third kappa shape index (κ3) is 3.52. The first-order valence-corrected chi connectivity index (χ1v) is 8.04. The lowest BCUT2D eigenvalue weighted by molar-refractivity contribution is 0.161. The van der Waals surface area contributed by atoms with Gasteiger partial charge in [-0.2, -0.15) is 0 Å². The highest BCUT2D eigenvalue weighted by atomic mass is 32.2. The average molecular weight is 330 g/mol. The van der Waals surface area contributed by atoms with Crippen LogP contribution in [0.5, 0.6) is 0 Å². The number of aromatic nitrogens is 1. The predicted octanol–water partition coefficient (Wildman–Crippen LogP) is 1.71. The number of aliphatic hydroxyl groups is 1. The van der Waals surface area contributed by atoms with E-state index in [0.717, 1.165) is 18.2 Å². The van der Waals surface area contributed by atoms with Gasteiger partial charge in [0.15, 0.2) is 4.90 Å². The highest BCUT2D eigenvalue weighted by molar-refractivity contribution is 7.89. The number of nitrogens with one attached hydrogen (secondary N) is 1. The Balaban J connectivity index is 2.03. The molecule has 2 aromatic rings. The van der Waals surface area contributed by atoms with Crippen molar-refractivity contribution in [2.45, 2.75) is 17.4 Å². The van der Waals surface area contributed by atoms with E-state index in [2.05, 4.69) is 4.72 Å². The maximum absolute atomic E-state index is 13.5. The van der Waals surface area contributed by atoms with Crippen molar-refractivity contribution in [2.24, 2.45) is 7.05 Å². The summed E-state index contributed by atoms with van der Waals surface area (Å²) in [5.74, 6) is -2.31. The first-order valence-electron chi connectivity index (χ1n) is 6.56. The molecule has 0 unspecified atom stereocenters. The van der Waals surface area contributed by atoms with Gasteiger partial charge in [0, 0.05) is 25.5 Å². The number of halogens is 2. The van der Waals surface area contributed by atoms with E-state index in [4.69, 9.17) is 0 Å². The molecule has 1 heterocycles. The van der Waals surface area contributed by atoms with Gasteiger partial charge in [-0.3, -0.25) is 0 Å². The second kappa shape index (κ2) is 6.55. The molecule has 0 aliphatic heterocycles. The van der Waals surface area contributed by atoms with Crippen molar-refractivity contribution in [3.05, 3.63) is 53.9 Å². The summed E-state index contributed by atoms with van der Waals surface area (Å²) in [6.07, 6.45) is 0.943. The van der Waals surface area contributed by atoms with Gasteiger partial charge in [0.05, 0.1) is 6.10 Å². The Morgan fingerprint density at radius 3 is 2.41 bits per heavy atom. The smallest absolute Gasteiger partial charge is 0.246 e. The molecule has 2 rings (SSSR count). The quantitative estimate of drug-likeness (QED) is 0.847. The van der Waals surface area contributed by atoms with Gasteiger partial charge < -0.3 is 9.67 Å². The molecule has 0 fully saturated rings. The molecule has 8 heteroatoms. The van der Waals surface area contributed by atoms with Crippen LogP contribution in [0, 0.1) is 11.6 Å². The van der Waals surface area contributed by atoms with E-state index < -0.39 is 32.7 Å². The molecular weight excluding hydrogens is 314 g/mol. The second-order valence-electron chi connectivity index (χ2n) is 4.80. The largest absolute Gasteiger partial charge is 0.387 e. The number of aryl methyl sites for hydroxylation is 1. The van der Waals surface area contributed by atoms with Crippen LogP contribution >= 0.6 is 0 Å². The van der Waals surface area contributed by atoms with Gasteiger partial charge in [0.1, 0.15) is 11.6 Å². The van der Waals surface area contributed by atoms with Crippen molar-refractivity contribution in [1.82, 2.24) is 9.29 Å². The molecule has 0 saturated carbocycles. The van der Waals surface area contributed by atoms with Gasteiger partial charge in [-0.25, -0.2) is 21.9 Å². The van der Waals surface area contributed by atoms with Crippen LogP contribution in [-0.2, 0) is 17.1 Å². The number of nitrogens with zero attached hydrogens (tertiary/aromatic N) is 1. The third-order valence-corrected chi connectivity index (χ3v) is 4.73. The molecule has 1 aromatic heterocycles. The van der Waals surface area contributed by atoms with Crippen molar-refractivity contribution in [3.8, 4) is 0 Å². The summed E-state index contributed by atoms with van der Waals surface area (Å²) >= 11 is 0. The summed E-state index contributed by atoms with van der Waals surface area (Å²) in [5, 5.41) is 9.96. The van der Waals surface area contributed by atoms with Crippen LogP contribution in [0.1, 0.15) is 18.2 Å². The van der Waals surface area contributed by atoms with E-state index >= 15 is 0 Å². The van der Waals surface area contributed by atoms with E-state index in [1.165, 1.54) is 0 Å². The van der Waals surface area contributed by atoms with Crippen molar-refractivity contribution in [3.63, 3.8) is 0 Å². The predicted molar refractivity (Wildman–Crippen MR) is 76.5 cm³/mol. The highest BCUT2D eigenvalue weighted by Gasteiger charge is 2.23. The maximum atomic E-state index is 13.5. The van der Waals surface area contributed by atoms with Gasteiger partial charge in [0.25, 0.3) is 0 Å². The van der Waals surface area contributed by atoms with Gasteiger partial charge in [-0.15, -0.1) is 0 Å². The Labute approximate surface area is 127 Å². The Morgan fingerprint density at radius 2 is 1.86 bits per heavy atom. The summed E-state index contributed by atoms with van der Waals surface area (Å²) in [5.41, 5.74) is 0.622. The lowest BCUT2D eigenvalue weighted by Gasteiger charge is -2.13. The molecule has 0 amide bonds. The minimum absolute atomic E-state index is 0.0765. The molecule has 0 radical (unpaired) electrons. The Morgan fingerprint density at radius 1 is 1.23 bits per heavy atom. The second-order valence-corrected chi connectivity index (χ2v) is 6.50. The molecule has 2 N–H and O–H groups in total. The van der Waals surface area contributed by atoms with Crippen LogP contribution in [0.15, 0.2) is 41.4 Å². The van der Waals surface area contributed by atoms with Gasteiger partial charge in [-0.05, 0) is 30.7 Å². The first-order chi connectivity index (χ1) is 10.3. The minimum Gasteiger partial charge on any atom is -0.387 e. The van der Waals surface area contributed by atoms with E-state index in [9.17, 15) is 22.3 Å². The van der Waals surface area contributed by atoms with Gasteiger partial charge in [0.2, 0.25) is 10.0 Å². The standard InChI is InChI=1S/C14H16F2N2O3S/c1-18-9-3-6-12(18)13(19)7-8-17-22(20,21)14-10(15)4-2-5-11(14)16/h2-6,9,13,17,19H,7-8H2,1H3/t13-/m0/s1. The summed E-state index contributed by atoms with van der Waals surface area (Å²) in [6.45, 7) is -0.150. The maximum Gasteiger partial charge on any atom is 0.246 e. The molecular formula is C14H16F2N2O3S. The Kier molecular flexibility index (Phi) is 4.94. The molecule has 0 aliphatic rings. The molecule has 120 valence electrons. The van der Waals surface area contributed by atoms with Crippen LogP contribution in [0.2, 0.25) is 0 Å². The molecule has 5 nitrogen and oxygen atoms in total. The highest BCUT2D eigenvalue weighted by Crippen LogP contribution is 2.19. The Bertz CT molecular complexity index is 739. The molecule has 0 bridgehead atoms. The summed E-state index contributed by atoms with van der Waals surface area (Å²) in [4.78, 5) is -1.01. The van der Waals surface area contributed by atoms with Crippen LogP contribution in [-0.4, -0.2) is 24.6 Å². The third-order valence-electron chi connectivity index (χ3n) is 3.22. The number of sulfonamides is 1. The van der Waals surface area contributed by atoms with Crippen LogP contribution < -0.4 is 4.72 Å². The van der Waals surface area contributed by atoms with E-state index in [0.29, 0.717) is 5.69 Å². The lowest BCUT2D eigenvalue weighted by atomic mass is 10.2. The zero-order chi connectivity index (χ0) is 16.3. The van der Waals surface area contributed by atoms with E-state index in [1.54, 1.807) is 29.9 Å². The van der Waals surface area contributed by atoms with Crippen LogP contribution in [0.4, 0.5) is 8.78 Å². The average Bonchev–Trinajstić information content (AvgIpc) is 2.84. The molecule has 1 aromatic carbocycles. The fraction of sp³-hybridized carbons (Fsp3) is 0.286. The number of benzene rings is 1. The fourth-order valence-corrected chi connectivity index (χ4v) is 3.29. The zero-order valence-electron chi connectivity index (χ0n) is 11.8. The molecule has 22 heavy (non-hydrogen) atoms. The molecule has 1 atom stereocenters. The number of hydrogen-bond donors (Lipinski definition) is 2. The molecule has 0 saturated heterocycles. The van der Waals surface area contributed by atoms with E-state index in [1.807, 2.05) is 0 Å². The summed E-state index contributed by atoms with van der Waals surface area (Å²) in [6, 6.07) is 6.28. The van der Waals surface area contributed by atoms with Gasteiger partial charge >= 0.3 is 0 Å². The normalized spacial score (nSPS) is 13.3. The topological polar surface area (TPSA) is 71.3 Å². The molecule has 0 spiro atoms. The van der Waals surface area contributed by atoms with Crippen molar-refractivity contribution in [2.75, 3.05) is 6.54 Å². The summed E-state index contributed by atoms with van der Waals surface area (Å²) in [7, 11) is -2.57. The SMILES string of the molecule is Cn1cccc1[C@@H](O)CCNS(=O)(=O)c1c(F)cccc1F. The van der Waals surface area contributed by atoms with Crippen molar-refractivity contribution >= 4 is 10.0 Å². The Hall–Kier alpha value is -1.77. The lowest BCUT2D eigenvalue weighted by Crippen LogP contribution is -2.27. The van der Waals surface area contributed by atoms with Crippen molar-refractivity contribution < 1.29 is 22.3 Å². The zero-order valence-corrected chi connectivity index (χ0v) is 12.6. The first kappa shape index (κ1) is 16.6. The summed E-state index contributed by atoms with van der Waals surface area (Å²) < 4.78 is 54.7. The fourth-order valence-electron chi connectivity index (χ4n) is 2.11. The van der Waals surface area contributed by atoms with Crippen molar-refractivity contribution in [1.29, 1.82) is 0 Å². The van der Waals surface area contributed by atoms with E-state index in [-0.39, 0.29) is 13.0 Å². The molecule has 0 aliphatic carbocycles. The van der Waals surface area contributed by atoms with Crippen LogP contribution in [0.3, 0.4) is 0 Å². The van der Waals surface area contributed by atoms with Gasteiger partial charge in [-0.1, -0.05) is 6.07 Å². The number of hydrogen-bond acceptors (Lipinski definition) is 3. The monoisotopic (exact) mass is 330 g/mol.